The van der Waals surface area contributed by atoms with Gasteiger partial charge in [0.25, 0.3) is 5.91 Å². The molecule has 1 N–H and O–H groups in total. The van der Waals surface area contributed by atoms with Crippen molar-refractivity contribution in [3.05, 3.63) is 17.5 Å². The van der Waals surface area contributed by atoms with Crippen molar-refractivity contribution in [1.29, 1.82) is 0 Å². The molecule has 0 aromatic carbocycles. The fraction of sp³-hybridized carbons (Fsp3) is 0.688. The lowest BCUT2D eigenvalue weighted by atomic mass is 9.60. The van der Waals surface area contributed by atoms with Crippen LogP contribution in [0.1, 0.15) is 53.6 Å². The number of piperidine rings is 1. The number of rotatable bonds is 3. The Kier molecular flexibility index (Phi) is 3.80. The Morgan fingerprint density at radius 1 is 1.32 bits per heavy atom. The number of aromatic amines is 1. The van der Waals surface area contributed by atoms with E-state index >= 15 is 0 Å². The molecule has 1 aromatic rings. The maximum absolute atomic E-state index is 12.5. The lowest BCUT2D eigenvalue weighted by Crippen LogP contribution is -2.54. The molecule has 0 bridgehead atoms. The predicted molar refractivity (Wildman–Crippen MR) is 82.9 cm³/mol. The topological polar surface area (TPSA) is 69.3 Å². The van der Waals surface area contributed by atoms with Crippen molar-refractivity contribution in [3.63, 3.8) is 0 Å². The molecule has 1 saturated carbocycles. The summed E-state index contributed by atoms with van der Waals surface area (Å²) in [5.74, 6) is -0.171. The lowest BCUT2D eigenvalue weighted by molar-refractivity contribution is -0.0232. The predicted octanol–water partition coefficient (Wildman–Crippen LogP) is 1.56. The Hall–Kier alpha value is -1.69. The van der Waals surface area contributed by atoms with Gasteiger partial charge in [-0.2, -0.15) is 5.10 Å². The maximum atomic E-state index is 12.5. The number of nitrogens with one attached hydrogen (secondary N) is 1. The van der Waals surface area contributed by atoms with Crippen LogP contribution in [0, 0.1) is 5.41 Å². The van der Waals surface area contributed by atoms with E-state index in [9.17, 15) is 9.59 Å². The van der Waals surface area contributed by atoms with E-state index in [0.29, 0.717) is 22.8 Å². The number of aromatic nitrogens is 2. The standard InChI is InChI=1S/C16H24N4O2/c1-11(21)13-8-14(18-17-13)15(22)20-6-4-16(5-7-20)9-12(10-16)19(2)3/h8,12H,4-7,9-10H2,1-3H3,(H,17,18). The third-order valence-corrected chi connectivity index (χ3v) is 5.35. The average molecular weight is 304 g/mol. The van der Waals surface area contributed by atoms with Gasteiger partial charge >= 0.3 is 0 Å². The van der Waals surface area contributed by atoms with Gasteiger partial charge in [-0.3, -0.25) is 14.7 Å². The zero-order chi connectivity index (χ0) is 15.9. The number of hydrogen-bond donors (Lipinski definition) is 1. The second kappa shape index (κ2) is 5.50. The molecular formula is C16H24N4O2. The summed E-state index contributed by atoms with van der Waals surface area (Å²) in [7, 11) is 4.28. The summed E-state index contributed by atoms with van der Waals surface area (Å²) in [6, 6.07) is 2.26. The normalized spacial score (nSPS) is 21.2. The molecule has 3 rings (SSSR count). The van der Waals surface area contributed by atoms with E-state index < -0.39 is 0 Å². The zero-order valence-electron chi connectivity index (χ0n) is 13.6. The van der Waals surface area contributed by atoms with Crippen molar-refractivity contribution in [2.24, 2.45) is 5.41 Å². The first kappa shape index (κ1) is 15.2. The number of carbonyl (C=O) groups excluding carboxylic acids is 2. The van der Waals surface area contributed by atoms with Gasteiger partial charge in [-0.05, 0) is 51.3 Å². The summed E-state index contributed by atoms with van der Waals surface area (Å²) in [5.41, 5.74) is 1.19. The van der Waals surface area contributed by atoms with Gasteiger partial charge in [0.05, 0.1) is 0 Å². The number of carbonyl (C=O) groups is 2. The second-order valence-corrected chi connectivity index (χ2v) is 7.04. The third kappa shape index (κ3) is 2.67. The SMILES string of the molecule is CC(=O)c1cc(C(=O)N2CCC3(CC2)CC(N(C)C)C3)[nH]n1. The van der Waals surface area contributed by atoms with Crippen molar-refractivity contribution in [2.45, 2.75) is 38.6 Å². The summed E-state index contributed by atoms with van der Waals surface area (Å²) in [5, 5.41) is 6.58. The zero-order valence-corrected chi connectivity index (χ0v) is 13.6. The van der Waals surface area contributed by atoms with Gasteiger partial charge in [-0.25, -0.2) is 0 Å². The molecule has 1 aromatic heterocycles. The van der Waals surface area contributed by atoms with Gasteiger partial charge in [0.15, 0.2) is 5.78 Å². The molecule has 2 fully saturated rings. The summed E-state index contributed by atoms with van der Waals surface area (Å²) in [6.45, 7) is 3.05. The van der Waals surface area contributed by atoms with E-state index in [4.69, 9.17) is 0 Å². The summed E-state index contributed by atoms with van der Waals surface area (Å²) < 4.78 is 0. The van der Waals surface area contributed by atoms with E-state index in [1.165, 1.54) is 19.8 Å². The molecule has 6 nitrogen and oxygen atoms in total. The van der Waals surface area contributed by atoms with Gasteiger partial charge in [0.1, 0.15) is 11.4 Å². The maximum Gasteiger partial charge on any atom is 0.271 e. The van der Waals surface area contributed by atoms with E-state index in [-0.39, 0.29) is 11.7 Å². The fourth-order valence-corrected chi connectivity index (χ4v) is 3.68. The molecule has 120 valence electrons. The number of ketones is 1. The molecule has 2 heterocycles. The van der Waals surface area contributed by atoms with Crippen LogP contribution in [0.2, 0.25) is 0 Å². The molecule has 0 unspecified atom stereocenters. The van der Waals surface area contributed by atoms with Crippen molar-refractivity contribution < 1.29 is 9.59 Å². The first-order chi connectivity index (χ1) is 10.4. The smallest absolute Gasteiger partial charge is 0.271 e. The van der Waals surface area contributed by atoms with Crippen molar-refractivity contribution in [3.8, 4) is 0 Å². The number of hydrogen-bond acceptors (Lipinski definition) is 4. The molecule has 2 aliphatic rings. The Labute approximate surface area is 130 Å². The van der Waals surface area contributed by atoms with Crippen molar-refractivity contribution >= 4 is 11.7 Å². The van der Waals surface area contributed by atoms with Crippen LogP contribution in [-0.4, -0.2) is 64.9 Å². The highest BCUT2D eigenvalue weighted by molar-refractivity contribution is 5.97. The summed E-state index contributed by atoms with van der Waals surface area (Å²) in [4.78, 5) is 27.9. The number of likely N-dealkylation sites (tertiary alicyclic amines) is 1. The van der Waals surface area contributed by atoms with Gasteiger partial charge in [0.2, 0.25) is 0 Å². The largest absolute Gasteiger partial charge is 0.337 e. The molecule has 1 aliphatic carbocycles. The quantitative estimate of drug-likeness (QED) is 0.860. The summed E-state index contributed by atoms with van der Waals surface area (Å²) >= 11 is 0. The molecule has 1 amide bonds. The lowest BCUT2D eigenvalue weighted by Gasteiger charge is -2.54. The minimum atomic E-state index is -0.128. The highest BCUT2D eigenvalue weighted by Gasteiger charge is 2.47. The van der Waals surface area contributed by atoms with Gasteiger partial charge < -0.3 is 9.80 Å². The molecule has 1 spiro atoms. The third-order valence-electron chi connectivity index (χ3n) is 5.35. The van der Waals surface area contributed by atoms with Crippen LogP contribution in [0.3, 0.4) is 0 Å². The van der Waals surface area contributed by atoms with Crippen LogP contribution in [0.25, 0.3) is 0 Å². The van der Waals surface area contributed by atoms with Crippen LogP contribution >= 0.6 is 0 Å². The van der Waals surface area contributed by atoms with Gasteiger partial charge in [-0.15, -0.1) is 0 Å². The van der Waals surface area contributed by atoms with E-state index in [2.05, 4.69) is 29.2 Å². The second-order valence-electron chi connectivity index (χ2n) is 7.04. The average Bonchev–Trinajstić information content (AvgIpc) is 2.94. The highest BCUT2D eigenvalue weighted by Crippen LogP contribution is 2.50. The van der Waals surface area contributed by atoms with Gasteiger partial charge in [0, 0.05) is 26.1 Å². The summed E-state index contributed by atoms with van der Waals surface area (Å²) in [6.07, 6.45) is 4.66. The van der Waals surface area contributed by atoms with E-state index in [1.807, 2.05) is 4.90 Å². The monoisotopic (exact) mass is 304 g/mol. The van der Waals surface area contributed by atoms with Crippen molar-refractivity contribution in [2.75, 3.05) is 27.2 Å². The molecule has 6 heteroatoms. The van der Waals surface area contributed by atoms with Crippen LogP contribution in [0.4, 0.5) is 0 Å². The highest BCUT2D eigenvalue weighted by atomic mass is 16.2. The van der Waals surface area contributed by atoms with Crippen LogP contribution in [0.5, 0.6) is 0 Å². The van der Waals surface area contributed by atoms with E-state index in [0.717, 1.165) is 25.9 Å². The molecule has 1 saturated heterocycles. The van der Waals surface area contributed by atoms with E-state index in [1.54, 1.807) is 6.07 Å². The minimum absolute atomic E-state index is 0.0432. The fourth-order valence-electron chi connectivity index (χ4n) is 3.68. The Balaban J connectivity index is 1.57. The number of Topliss-reactive ketones (excluding diaryl/α,β-unsaturated/α-hetero) is 1. The Morgan fingerprint density at radius 2 is 1.95 bits per heavy atom. The van der Waals surface area contributed by atoms with Crippen molar-refractivity contribution in [1.82, 2.24) is 20.0 Å². The Morgan fingerprint density at radius 3 is 2.45 bits per heavy atom. The van der Waals surface area contributed by atoms with Crippen LogP contribution < -0.4 is 0 Å². The molecule has 0 atom stereocenters. The minimum Gasteiger partial charge on any atom is -0.337 e. The molecule has 22 heavy (non-hydrogen) atoms. The number of H-pyrrole nitrogens is 1. The number of amides is 1. The molecular weight excluding hydrogens is 280 g/mol. The van der Waals surface area contributed by atoms with Crippen LogP contribution in [0.15, 0.2) is 6.07 Å². The molecule has 1 aliphatic heterocycles. The van der Waals surface area contributed by atoms with Gasteiger partial charge in [-0.1, -0.05) is 0 Å². The first-order valence-electron chi connectivity index (χ1n) is 7.92. The first-order valence-corrected chi connectivity index (χ1v) is 7.92. The van der Waals surface area contributed by atoms with Crippen LogP contribution in [-0.2, 0) is 0 Å². The Bertz CT molecular complexity index is 577. The molecule has 0 radical (unpaired) electrons. The number of nitrogens with zero attached hydrogens (tertiary/aromatic N) is 3.